The summed E-state index contributed by atoms with van der Waals surface area (Å²) in [6.07, 6.45) is 15.8. The lowest BCUT2D eigenvalue weighted by molar-refractivity contribution is 0.419. The molecule has 0 spiro atoms. The van der Waals surface area contributed by atoms with Gasteiger partial charge in [-0.25, -0.2) is 29.9 Å². The van der Waals surface area contributed by atoms with Gasteiger partial charge in [-0.05, 0) is 103 Å². The summed E-state index contributed by atoms with van der Waals surface area (Å²) in [6.45, 7) is 0. The van der Waals surface area contributed by atoms with Crippen molar-refractivity contribution >= 4 is 183 Å². The second-order valence-electron chi connectivity index (χ2n) is 26.6. The van der Waals surface area contributed by atoms with Gasteiger partial charge in [0.25, 0.3) is 0 Å². The second kappa shape index (κ2) is 29.0. The van der Waals surface area contributed by atoms with Gasteiger partial charge in [-0.2, -0.15) is 0 Å². The van der Waals surface area contributed by atoms with Crippen LogP contribution in [0.4, 0.5) is 0 Å². The van der Waals surface area contributed by atoms with E-state index in [1.165, 1.54) is 0 Å². The van der Waals surface area contributed by atoms with Crippen molar-refractivity contribution in [3.05, 3.63) is 204 Å². The van der Waals surface area contributed by atoms with E-state index >= 15 is 0 Å². The maximum atomic E-state index is 7.85. The van der Waals surface area contributed by atoms with Gasteiger partial charge in [0.05, 0.1) is 84.0 Å². The molecule has 524 valence electrons. The molecule has 0 atom stereocenters. The summed E-state index contributed by atoms with van der Waals surface area (Å²) in [7, 11) is 0. The maximum absolute atomic E-state index is 7.85. The van der Waals surface area contributed by atoms with Crippen molar-refractivity contribution in [2.45, 2.75) is 114 Å². The Balaban J connectivity index is 0.974. The van der Waals surface area contributed by atoms with E-state index in [4.69, 9.17) is 188 Å². The first kappa shape index (κ1) is 70.0. The number of nitrogens with one attached hydrogen (secondary N) is 2. The summed E-state index contributed by atoms with van der Waals surface area (Å²) >= 11 is 92.0. The van der Waals surface area contributed by atoms with Crippen molar-refractivity contribution in [1.82, 2.24) is 39.9 Å². The quantitative estimate of drug-likeness (QED) is 0.113. The van der Waals surface area contributed by atoms with Gasteiger partial charge in [0.1, 0.15) is 65.7 Å². The van der Waals surface area contributed by atoms with Crippen molar-refractivity contribution in [3.8, 4) is 103 Å². The van der Waals surface area contributed by atoms with Crippen LogP contribution in [0, 0.1) is 0 Å². The second-order valence-corrected chi connectivity index (χ2v) is 31.1. The number of rotatable bonds is 12. The average molecular weight is 1620 g/mol. The number of para-hydroxylation sites is 4. The lowest BCUT2D eigenvalue weighted by Gasteiger charge is -2.24. The predicted octanol–water partition coefficient (Wildman–Crippen LogP) is 29.7. The summed E-state index contributed by atoms with van der Waals surface area (Å²) in [4.78, 5) is 38.6. The van der Waals surface area contributed by atoms with E-state index in [0.717, 1.165) is 124 Å². The van der Waals surface area contributed by atoms with Crippen molar-refractivity contribution in [1.29, 1.82) is 0 Å². The van der Waals surface area contributed by atoms with Crippen LogP contribution in [0.3, 0.4) is 0 Å². The fraction of sp³-hybridized carbons (Fsp3) is 0.225. The lowest BCUT2D eigenvalue weighted by atomic mass is 9.84. The van der Waals surface area contributed by atoms with E-state index in [0.29, 0.717) is 23.0 Å². The molecule has 0 radical (unpaired) electrons. The van der Waals surface area contributed by atoms with Crippen LogP contribution in [0.2, 0.25) is 60.3 Å². The van der Waals surface area contributed by atoms with E-state index in [-0.39, 0.29) is 191 Å². The van der Waals surface area contributed by atoms with Crippen molar-refractivity contribution in [2.75, 3.05) is 0 Å². The molecular formula is C80H56Cl12N8O4. The minimum atomic E-state index is -0.0772. The molecule has 2 aliphatic heterocycles. The molecular weight excluding hydrogens is 1560 g/mol. The highest BCUT2D eigenvalue weighted by Gasteiger charge is 2.37. The Morgan fingerprint density at radius 2 is 0.538 bits per heavy atom. The van der Waals surface area contributed by atoms with E-state index in [1.807, 2.05) is 103 Å². The first-order chi connectivity index (χ1) is 50.6. The van der Waals surface area contributed by atoms with Crippen LogP contribution in [0.15, 0.2) is 127 Å². The molecule has 24 heteroatoms. The standard InChI is InChI=1S/C80H56Cl12N8O4/c81-57-49-53(61(85)69(65(57)89)101-45-33-17-13-29-41(45)37-21-5-1-6-22-37)77-94-73(49)93-74-50-55(63(87)71(66(90)58(50)82)103-47-35-19-15-31-43(47)39-25-9-3-10-26-39)79(95-74)100-80-56-52(60(84)68(92)72(64(56)88)104-48-36-20-16-32-44(48)40-27-11-4-12-28-40)76(99-80)98-78-54-51(75(96-77)97-78)59(83)67(91)70(62(54)86)102-46-34-18-14-30-42(46)38-23-7-2-8-24-38/h1,5-6,13-22,29-36,38-40H,2-4,7-12,23-28H2,(H2,93,94,95,96,97,98,99,100). The van der Waals surface area contributed by atoms with Gasteiger partial charge in [-0.15, -0.1) is 0 Å². The lowest BCUT2D eigenvalue weighted by Crippen LogP contribution is -2.06. The van der Waals surface area contributed by atoms with Crippen LogP contribution in [0.25, 0.3) is 101 Å². The Bertz CT molecular complexity index is 5720. The minimum absolute atomic E-state index is 0.00284. The maximum Gasteiger partial charge on any atom is 0.166 e. The zero-order valence-electron chi connectivity index (χ0n) is 54.8. The molecule has 3 saturated carbocycles. The van der Waals surface area contributed by atoms with Gasteiger partial charge in [-0.1, -0.05) is 300 Å². The Kier molecular flexibility index (Phi) is 19.5. The number of aromatic amines is 2. The Labute approximate surface area is 657 Å². The molecule has 17 rings (SSSR count). The first-order valence-corrected chi connectivity index (χ1v) is 38.9. The van der Waals surface area contributed by atoms with Crippen LogP contribution < -0.4 is 18.9 Å². The number of aromatic nitrogens is 8. The third-order valence-electron chi connectivity index (χ3n) is 20.4. The monoisotopic (exact) mass is 1610 g/mol. The molecule has 12 aromatic rings. The average Bonchev–Trinajstić information content (AvgIpc) is 1.55. The van der Waals surface area contributed by atoms with Gasteiger partial charge >= 0.3 is 0 Å². The number of ether oxygens (including phenoxy) is 4. The van der Waals surface area contributed by atoms with Gasteiger partial charge in [0, 0.05) is 5.56 Å². The fourth-order valence-corrected chi connectivity index (χ4v) is 18.9. The minimum Gasteiger partial charge on any atom is -0.454 e. The van der Waals surface area contributed by atoms with E-state index in [1.54, 1.807) is 6.07 Å². The molecule has 0 amide bonds. The smallest absolute Gasteiger partial charge is 0.166 e. The largest absolute Gasteiger partial charge is 0.454 e. The molecule has 12 nitrogen and oxygen atoms in total. The SMILES string of the molecule is Clc1c(Cl)c2c(c(Cl)c1Oc1ccccc1-c1ccccc1)-c1nc-2nc2[nH]c(nc3nc(nc4[nH]c(n1)c1c(Cl)c(Cl)c(Oc5ccccc5C5CCCCC5)c(Cl)c41)-c1c(Cl)c(Cl)c(Oc4ccccc4C4CCCCC4)c(Cl)c1-3)c1c(Cl)c(Oc3ccccc3C3CCCCC3)c(Cl)c(Cl)c21. The predicted molar refractivity (Wildman–Crippen MR) is 425 cm³/mol. The molecule has 3 aliphatic carbocycles. The Morgan fingerprint density at radius 1 is 0.260 bits per heavy atom. The van der Waals surface area contributed by atoms with E-state index in [2.05, 4.69) is 28.2 Å². The van der Waals surface area contributed by atoms with Gasteiger partial charge in [-0.3, -0.25) is 0 Å². The molecule has 5 aliphatic rings. The van der Waals surface area contributed by atoms with Crippen molar-refractivity contribution in [2.24, 2.45) is 0 Å². The summed E-state index contributed by atoms with van der Waals surface area (Å²) in [6, 6.07) is 40.7. The van der Waals surface area contributed by atoms with Gasteiger partial charge < -0.3 is 28.9 Å². The number of H-pyrrole nitrogens is 2. The Hall–Kier alpha value is -6.98. The number of hydrogen-bond acceptors (Lipinski definition) is 10. The summed E-state index contributed by atoms with van der Waals surface area (Å²) < 4.78 is 27.6. The highest BCUT2D eigenvalue weighted by molar-refractivity contribution is 6.53. The van der Waals surface area contributed by atoms with Crippen LogP contribution in [0.5, 0.6) is 46.0 Å². The molecule has 104 heavy (non-hydrogen) atoms. The molecule has 2 N–H and O–H groups in total. The number of hydrogen-bond donors (Lipinski definition) is 2. The highest BCUT2D eigenvalue weighted by Crippen LogP contribution is 2.59. The zero-order valence-corrected chi connectivity index (χ0v) is 63.9. The number of fused-ring (bicyclic) bond motifs is 20. The molecule has 3 fully saturated rings. The van der Waals surface area contributed by atoms with E-state index in [9.17, 15) is 0 Å². The highest BCUT2D eigenvalue weighted by atomic mass is 35.5. The topological polar surface area (TPSA) is 146 Å². The molecule has 5 heterocycles. The third-order valence-corrected chi connectivity index (χ3v) is 25.2. The van der Waals surface area contributed by atoms with Crippen LogP contribution in [-0.2, 0) is 0 Å². The Morgan fingerprint density at radius 3 is 0.904 bits per heavy atom. The van der Waals surface area contributed by atoms with Crippen LogP contribution in [0.1, 0.15) is 131 Å². The summed E-state index contributed by atoms with van der Waals surface area (Å²) in [5, 5.41) is 0.412. The normalized spacial score (nSPS) is 15.0. The summed E-state index contributed by atoms with van der Waals surface area (Å²) in [5.74, 6) is 2.64. The van der Waals surface area contributed by atoms with Crippen LogP contribution >= 0.6 is 139 Å². The van der Waals surface area contributed by atoms with Gasteiger partial charge in [0.15, 0.2) is 46.3 Å². The number of benzene rings is 9. The molecule has 8 bridgehead atoms. The molecule has 9 aromatic carbocycles. The van der Waals surface area contributed by atoms with Gasteiger partial charge in [0.2, 0.25) is 0 Å². The fourth-order valence-electron chi connectivity index (χ4n) is 15.4. The molecule has 3 aromatic heterocycles. The molecule has 0 unspecified atom stereocenters. The third kappa shape index (κ3) is 12.3. The first-order valence-electron chi connectivity index (χ1n) is 34.4. The van der Waals surface area contributed by atoms with Crippen molar-refractivity contribution in [3.63, 3.8) is 0 Å². The molecule has 0 saturated heterocycles. The number of nitrogens with zero attached hydrogens (tertiary/aromatic N) is 6. The van der Waals surface area contributed by atoms with Crippen LogP contribution in [-0.4, -0.2) is 39.9 Å². The summed E-state index contributed by atoms with van der Waals surface area (Å²) in [5.41, 5.74) is 5.38. The van der Waals surface area contributed by atoms with E-state index < -0.39 is 0 Å². The zero-order chi connectivity index (χ0) is 71.3. The van der Waals surface area contributed by atoms with Crippen molar-refractivity contribution < 1.29 is 18.9 Å². The number of halogens is 12.